The molecule has 0 aromatic heterocycles. The molecule has 0 bridgehead atoms. The van der Waals surface area contributed by atoms with Crippen LogP contribution in [0.2, 0.25) is 0 Å². The highest BCUT2D eigenvalue weighted by Gasteiger charge is 2.01. The Morgan fingerprint density at radius 2 is 2.00 bits per heavy atom. The highest BCUT2D eigenvalue weighted by Crippen LogP contribution is 2.15. The molecule has 0 aliphatic carbocycles. The fourth-order valence-corrected chi connectivity index (χ4v) is 1.86. The second kappa shape index (κ2) is 6.02. The Morgan fingerprint density at radius 3 is 2.62 bits per heavy atom. The fourth-order valence-electron chi connectivity index (χ4n) is 0.988. The van der Waals surface area contributed by atoms with Crippen molar-refractivity contribution in [2.75, 3.05) is 6.61 Å². The maximum absolute atomic E-state index is 8.64. The van der Waals surface area contributed by atoms with Gasteiger partial charge in [0.15, 0.2) is 0 Å². The van der Waals surface area contributed by atoms with Gasteiger partial charge in [0.25, 0.3) is 0 Å². The SMILES string of the molecule is NC(CCO)SCc1ccccc1. The van der Waals surface area contributed by atoms with E-state index in [0.717, 1.165) is 5.75 Å². The van der Waals surface area contributed by atoms with Crippen molar-refractivity contribution in [1.82, 2.24) is 0 Å². The topological polar surface area (TPSA) is 46.2 Å². The molecule has 1 aromatic carbocycles. The number of nitrogens with two attached hydrogens (primary N) is 1. The average Bonchev–Trinajstić information content (AvgIpc) is 2.17. The third-order valence-electron chi connectivity index (χ3n) is 1.72. The smallest absolute Gasteiger partial charge is 0.0532 e. The van der Waals surface area contributed by atoms with Crippen LogP contribution in [0, 0.1) is 0 Å². The predicted octanol–water partition coefficient (Wildman–Crippen LogP) is 1.59. The Bertz CT molecular complexity index is 228. The molecule has 1 rings (SSSR count). The van der Waals surface area contributed by atoms with E-state index in [1.165, 1.54) is 5.56 Å². The quantitative estimate of drug-likeness (QED) is 0.705. The van der Waals surface area contributed by atoms with Crippen LogP contribution < -0.4 is 5.73 Å². The minimum absolute atomic E-state index is 0.0465. The third kappa shape index (κ3) is 4.31. The van der Waals surface area contributed by atoms with Gasteiger partial charge in [-0.2, -0.15) is 0 Å². The van der Waals surface area contributed by atoms with E-state index in [0.29, 0.717) is 6.42 Å². The van der Waals surface area contributed by atoms with E-state index in [4.69, 9.17) is 10.8 Å². The molecule has 0 saturated carbocycles. The number of rotatable bonds is 5. The number of thioether (sulfide) groups is 1. The molecule has 3 heteroatoms. The van der Waals surface area contributed by atoms with E-state index in [1.807, 2.05) is 18.2 Å². The van der Waals surface area contributed by atoms with Gasteiger partial charge in [0.1, 0.15) is 0 Å². The minimum Gasteiger partial charge on any atom is -0.396 e. The first-order valence-electron chi connectivity index (χ1n) is 4.35. The van der Waals surface area contributed by atoms with Crippen LogP contribution >= 0.6 is 11.8 Å². The van der Waals surface area contributed by atoms with Gasteiger partial charge in [-0.15, -0.1) is 11.8 Å². The molecule has 0 amide bonds. The molecule has 1 aromatic rings. The lowest BCUT2D eigenvalue weighted by atomic mass is 10.2. The molecule has 0 radical (unpaired) electrons. The number of hydrogen-bond acceptors (Lipinski definition) is 3. The first-order valence-corrected chi connectivity index (χ1v) is 5.40. The van der Waals surface area contributed by atoms with E-state index >= 15 is 0 Å². The van der Waals surface area contributed by atoms with E-state index in [9.17, 15) is 0 Å². The largest absolute Gasteiger partial charge is 0.396 e. The molecule has 0 fully saturated rings. The Balaban J connectivity index is 2.27. The summed E-state index contributed by atoms with van der Waals surface area (Å²) in [6.07, 6.45) is 0.664. The van der Waals surface area contributed by atoms with Gasteiger partial charge in [0.2, 0.25) is 0 Å². The van der Waals surface area contributed by atoms with E-state index in [1.54, 1.807) is 11.8 Å². The van der Waals surface area contributed by atoms with Gasteiger partial charge in [0, 0.05) is 12.4 Å². The molecule has 72 valence electrons. The molecule has 0 saturated heterocycles. The summed E-state index contributed by atoms with van der Waals surface area (Å²) in [6.45, 7) is 0.170. The molecule has 3 N–H and O–H groups in total. The Hall–Kier alpha value is -0.510. The van der Waals surface area contributed by atoms with Crippen LogP contribution in [-0.4, -0.2) is 17.1 Å². The van der Waals surface area contributed by atoms with Crippen LogP contribution in [0.4, 0.5) is 0 Å². The molecule has 0 aliphatic heterocycles. The zero-order chi connectivity index (χ0) is 9.52. The van der Waals surface area contributed by atoms with Crippen molar-refractivity contribution in [3.8, 4) is 0 Å². The number of benzene rings is 1. The standard InChI is InChI=1S/C10H15NOS/c11-10(6-7-12)13-8-9-4-2-1-3-5-9/h1-5,10,12H,6-8,11H2. The lowest BCUT2D eigenvalue weighted by Gasteiger charge is -2.08. The number of hydrogen-bond donors (Lipinski definition) is 2. The van der Waals surface area contributed by atoms with Crippen molar-refractivity contribution in [3.63, 3.8) is 0 Å². The van der Waals surface area contributed by atoms with Crippen molar-refractivity contribution in [1.29, 1.82) is 0 Å². The van der Waals surface area contributed by atoms with Crippen LogP contribution in [0.5, 0.6) is 0 Å². The van der Waals surface area contributed by atoms with Gasteiger partial charge >= 0.3 is 0 Å². The lowest BCUT2D eigenvalue weighted by molar-refractivity contribution is 0.287. The summed E-state index contributed by atoms with van der Waals surface area (Å²) in [5, 5.41) is 8.69. The Morgan fingerprint density at radius 1 is 1.31 bits per heavy atom. The van der Waals surface area contributed by atoms with Gasteiger partial charge < -0.3 is 10.8 Å². The summed E-state index contributed by atoms with van der Waals surface area (Å²) >= 11 is 1.67. The van der Waals surface area contributed by atoms with Gasteiger partial charge in [-0.3, -0.25) is 0 Å². The first-order chi connectivity index (χ1) is 6.33. The minimum atomic E-state index is 0.0465. The molecular formula is C10H15NOS. The number of aliphatic hydroxyl groups is 1. The Labute approximate surface area is 83.1 Å². The summed E-state index contributed by atoms with van der Waals surface area (Å²) in [4.78, 5) is 0. The van der Waals surface area contributed by atoms with E-state index in [-0.39, 0.29) is 12.0 Å². The zero-order valence-corrected chi connectivity index (χ0v) is 8.33. The molecule has 0 heterocycles. The van der Waals surface area contributed by atoms with E-state index < -0.39 is 0 Å². The normalized spacial score (nSPS) is 12.8. The summed E-state index contributed by atoms with van der Waals surface area (Å²) in [7, 11) is 0. The van der Waals surface area contributed by atoms with Gasteiger partial charge in [0.05, 0.1) is 5.37 Å². The van der Waals surface area contributed by atoms with Crippen molar-refractivity contribution >= 4 is 11.8 Å². The molecule has 13 heavy (non-hydrogen) atoms. The first kappa shape index (κ1) is 10.6. The summed E-state index contributed by atoms with van der Waals surface area (Å²) in [6, 6.07) is 10.2. The van der Waals surface area contributed by atoms with Gasteiger partial charge in [-0.1, -0.05) is 30.3 Å². The van der Waals surface area contributed by atoms with Gasteiger partial charge in [-0.25, -0.2) is 0 Å². The molecule has 1 atom stereocenters. The zero-order valence-electron chi connectivity index (χ0n) is 7.52. The fraction of sp³-hybridized carbons (Fsp3) is 0.400. The van der Waals surface area contributed by atoms with Crippen LogP contribution in [0.1, 0.15) is 12.0 Å². The van der Waals surface area contributed by atoms with Crippen LogP contribution in [0.15, 0.2) is 30.3 Å². The predicted molar refractivity (Wildman–Crippen MR) is 57.4 cm³/mol. The monoisotopic (exact) mass is 197 g/mol. The second-order valence-electron chi connectivity index (χ2n) is 2.85. The highest BCUT2D eigenvalue weighted by molar-refractivity contribution is 7.99. The third-order valence-corrected chi connectivity index (χ3v) is 2.88. The molecule has 1 unspecified atom stereocenters. The van der Waals surface area contributed by atoms with E-state index in [2.05, 4.69) is 12.1 Å². The van der Waals surface area contributed by atoms with Crippen LogP contribution in [-0.2, 0) is 5.75 Å². The van der Waals surface area contributed by atoms with Crippen LogP contribution in [0.25, 0.3) is 0 Å². The molecule has 0 aliphatic rings. The van der Waals surface area contributed by atoms with Gasteiger partial charge in [-0.05, 0) is 12.0 Å². The molecule has 2 nitrogen and oxygen atoms in total. The van der Waals surface area contributed by atoms with Crippen LogP contribution in [0.3, 0.4) is 0 Å². The Kier molecular flexibility index (Phi) is 4.90. The summed E-state index contributed by atoms with van der Waals surface area (Å²) < 4.78 is 0. The second-order valence-corrected chi connectivity index (χ2v) is 4.07. The van der Waals surface area contributed by atoms with Crippen molar-refractivity contribution in [2.45, 2.75) is 17.5 Å². The maximum Gasteiger partial charge on any atom is 0.0532 e. The molecular weight excluding hydrogens is 182 g/mol. The average molecular weight is 197 g/mol. The maximum atomic E-state index is 8.64. The highest BCUT2D eigenvalue weighted by atomic mass is 32.2. The molecule has 0 spiro atoms. The number of aliphatic hydroxyl groups excluding tert-OH is 1. The van der Waals surface area contributed by atoms with Crippen molar-refractivity contribution in [2.24, 2.45) is 5.73 Å². The summed E-state index contributed by atoms with van der Waals surface area (Å²) in [5.74, 6) is 0.919. The lowest BCUT2D eigenvalue weighted by Crippen LogP contribution is -2.16. The van der Waals surface area contributed by atoms with Crippen molar-refractivity contribution in [3.05, 3.63) is 35.9 Å². The van der Waals surface area contributed by atoms with Crippen molar-refractivity contribution < 1.29 is 5.11 Å². The summed E-state index contributed by atoms with van der Waals surface area (Å²) in [5.41, 5.74) is 7.01.